The van der Waals surface area contributed by atoms with E-state index >= 15 is 0 Å². The first-order valence-electron chi connectivity index (χ1n) is 6.18. The van der Waals surface area contributed by atoms with Gasteiger partial charge in [0.1, 0.15) is 5.82 Å². The zero-order chi connectivity index (χ0) is 13.8. The highest BCUT2D eigenvalue weighted by atomic mass is 79.9. The zero-order valence-electron chi connectivity index (χ0n) is 10.9. The molecule has 2 aromatic rings. The normalized spacial score (nSPS) is 12.6. The molecule has 0 saturated carbocycles. The SMILES string of the molecule is CCNC(Cc1cc(F)cc(Br)c1)c1scnc1C. The molecule has 0 spiro atoms. The molecule has 0 bridgehead atoms. The Kier molecular flexibility index (Phi) is 5.07. The van der Waals surface area contributed by atoms with Crippen molar-refractivity contribution >= 4 is 27.3 Å². The number of hydrogen-bond donors (Lipinski definition) is 1. The number of aromatic nitrogens is 1. The van der Waals surface area contributed by atoms with E-state index in [4.69, 9.17) is 0 Å². The van der Waals surface area contributed by atoms with Crippen LogP contribution in [0.4, 0.5) is 4.39 Å². The predicted octanol–water partition coefficient (Wildman–Crippen LogP) is 4.25. The number of aryl methyl sites for hydroxylation is 1. The Morgan fingerprint density at radius 3 is 2.79 bits per heavy atom. The van der Waals surface area contributed by atoms with Crippen LogP contribution in [-0.4, -0.2) is 11.5 Å². The van der Waals surface area contributed by atoms with Crippen LogP contribution in [0.3, 0.4) is 0 Å². The van der Waals surface area contributed by atoms with Crippen molar-refractivity contribution < 1.29 is 4.39 Å². The van der Waals surface area contributed by atoms with Gasteiger partial charge in [0.05, 0.1) is 11.2 Å². The Hall–Kier alpha value is -0.780. The van der Waals surface area contributed by atoms with Gasteiger partial charge in [-0.2, -0.15) is 0 Å². The van der Waals surface area contributed by atoms with E-state index in [2.05, 4.69) is 33.2 Å². The molecule has 0 amide bonds. The lowest BCUT2D eigenvalue weighted by molar-refractivity contribution is 0.551. The molecule has 1 aromatic carbocycles. The third kappa shape index (κ3) is 3.84. The van der Waals surface area contributed by atoms with Gasteiger partial charge in [-0.25, -0.2) is 9.37 Å². The molecule has 1 aromatic heterocycles. The van der Waals surface area contributed by atoms with Gasteiger partial charge in [0.25, 0.3) is 0 Å². The van der Waals surface area contributed by atoms with Crippen molar-refractivity contribution in [3.63, 3.8) is 0 Å². The van der Waals surface area contributed by atoms with E-state index in [9.17, 15) is 4.39 Å². The fourth-order valence-corrected chi connectivity index (χ4v) is 3.51. The summed E-state index contributed by atoms with van der Waals surface area (Å²) in [5, 5.41) is 3.45. The van der Waals surface area contributed by atoms with Crippen LogP contribution in [0, 0.1) is 12.7 Å². The number of thiazole rings is 1. The second-order valence-corrected chi connectivity index (χ2v) is 6.20. The summed E-state index contributed by atoms with van der Waals surface area (Å²) < 4.78 is 14.2. The summed E-state index contributed by atoms with van der Waals surface area (Å²) in [6.45, 7) is 4.96. The third-order valence-corrected chi connectivity index (χ3v) is 4.41. The Balaban J connectivity index is 2.23. The number of benzene rings is 1. The summed E-state index contributed by atoms with van der Waals surface area (Å²) in [5.74, 6) is -0.208. The summed E-state index contributed by atoms with van der Waals surface area (Å²) >= 11 is 4.98. The quantitative estimate of drug-likeness (QED) is 0.878. The Morgan fingerprint density at radius 1 is 1.42 bits per heavy atom. The first-order chi connectivity index (χ1) is 9.10. The highest BCUT2D eigenvalue weighted by Crippen LogP contribution is 2.26. The molecule has 0 radical (unpaired) electrons. The Bertz CT molecular complexity index is 536. The van der Waals surface area contributed by atoms with Crippen molar-refractivity contribution in [2.75, 3.05) is 6.54 Å². The maximum absolute atomic E-state index is 13.4. The van der Waals surface area contributed by atoms with Gasteiger partial charge in [-0.05, 0) is 43.7 Å². The summed E-state index contributed by atoms with van der Waals surface area (Å²) in [5.41, 5.74) is 3.88. The topological polar surface area (TPSA) is 24.9 Å². The first-order valence-corrected chi connectivity index (χ1v) is 7.85. The van der Waals surface area contributed by atoms with Crippen molar-refractivity contribution in [3.05, 3.63) is 50.1 Å². The smallest absolute Gasteiger partial charge is 0.124 e. The molecule has 0 aliphatic rings. The maximum atomic E-state index is 13.4. The highest BCUT2D eigenvalue weighted by Gasteiger charge is 2.16. The number of halogens is 2. The van der Waals surface area contributed by atoms with Gasteiger partial charge in [0.2, 0.25) is 0 Å². The van der Waals surface area contributed by atoms with Crippen LogP contribution in [0.25, 0.3) is 0 Å². The van der Waals surface area contributed by atoms with Crippen molar-refractivity contribution in [1.82, 2.24) is 10.3 Å². The predicted molar refractivity (Wildman–Crippen MR) is 81.1 cm³/mol. The molecule has 0 saturated heterocycles. The summed E-state index contributed by atoms with van der Waals surface area (Å²) in [6.07, 6.45) is 0.757. The average Bonchev–Trinajstić information content (AvgIpc) is 2.73. The van der Waals surface area contributed by atoms with Gasteiger partial charge in [-0.3, -0.25) is 0 Å². The molecular formula is C14H16BrFN2S. The van der Waals surface area contributed by atoms with Gasteiger partial charge < -0.3 is 5.32 Å². The minimum Gasteiger partial charge on any atom is -0.309 e. The highest BCUT2D eigenvalue weighted by molar-refractivity contribution is 9.10. The van der Waals surface area contributed by atoms with Crippen LogP contribution in [-0.2, 0) is 6.42 Å². The van der Waals surface area contributed by atoms with Crippen LogP contribution >= 0.6 is 27.3 Å². The van der Waals surface area contributed by atoms with Crippen LogP contribution in [0.1, 0.15) is 29.1 Å². The molecule has 1 heterocycles. The number of nitrogens with zero attached hydrogens (tertiary/aromatic N) is 1. The van der Waals surface area contributed by atoms with Crippen LogP contribution in [0.15, 0.2) is 28.2 Å². The van der Waals surface area contributed by atoms with Gasteiger partial charge in [0, 0.05) is 15.4 Å². The molecule has 2 rings (SSSR count). The van der Waals surface area contributed by atoms with Gasteiger partial charge in [-0.15, -0.1) is 11.3 Å². The van der Waals surface area contributed by atoms with Gasteiger partial charge >= 0.3 is 0 Å². The van der Waals surface area contributed by atoms with E-state index in [1.165, 1.54) is 10.9 Å². The van der Waals surface area contributed by atoms with E-state index in [-0.39, 0.29) is 11.9 Å². The molecule has 0 fully saturated rings. The number of hydrogen-bond acceptors (Lipinski definition) is 3. The largest absolute Gasteiger partial charge is 0.309 e. The number of nitrogens with one attached hydrogen (secondary N) is 1. The summed E-state index contributed by atoms with van der Waals surface area (Å²) in [4.78, 5) is 5.52. The number of rotatable bonds is 5. The van der Waals surface area contributed by atoms with E-state index in [1.54, 1.807) is 17.4 Å². The molecule has 19 heavy (non-hydrogen) atoms. The molecular weight excluding hydrogens is 327 g/mol. The molecule has 0 aliphatic carbocycles. The van der Waals surface area contributed by atoms with E-state index in [0.29, 0.717) is 0 Å². The molecule has 0 aliphatic heterocycles. The lowest BCUT2D eigenvalue weighted by Crippen LogP contribution is -2.22. The Morgan fingerprint density at radius 2 is 2.21 bits per heavy atom. The Labute approximate surface area is 125 Å². The molecule has 2 nitrogen and oxygen atoms in total. The lowest BCUT2D eigenvalue weighted by atomic mass is 10.0. The van der Waals surface area contributed by atoms with E-state index in [0.717, 1.165) is 28.7 Å². The van der Waals surface area contributed by atoms with Crippen molar-refractivity contribution in [2.45, 2.75) is 26.3 Å². The van der Waals surface area contributed by atoms with Crippen LogP contribution in [0.5, 0.6) is 0 Å². The second kappa shape index (κ2) is 6.59. The van der Waals surface area contributed by atoms with E-state index in [1.807, 2.05) is 18.5 Å². The minimum atomic E-state index is -0.208. The van der Waals surface area contributed by atoms with Crippen LogP contribution < -0.4 is 5.32 Å². The maximum Gasteiger partial charge on any atom is 0.124 e. The third-order valence-electron chi connectivity index (χ3n) is 2.91. The lowest BCUT2D eigenvalue weighted by Gasteiger charge is -2.17. The van der Waals surface area contributed by atoms with Crippen LogP contribution in [0.2, 0.25) is 0 Å². The molecule has 102 valence electrons. The second-order valence-electron chi connectivity index (χ2n) is 4.39. The monoisotopic (exact) mass is 342 g/mol. The first kappa shape index (κ1) is 14.6. The summed E-state index contributed by atoms with van der Waals surface area (Å²) in [6, 6.07) is 5.21. The standard InChI is InChI=1S/C14H16BrFN2S/c1-3-17-13(14-9(2)18-8-19-14)6-10-4-11(15)7-12(16)5-10/h4-5,7-8,13,17H,3,6H2,1-2H3. The number of likely N-dealkylation sites (N-methyl/N-ethyl adjacent to an activating group) is 1. The van der Waals surface area contributed by atoms with Gasteiger partial charge in [0.15, 0.2) is 0 Å². The average molecular weight is 343 g/mol. The van der Waals surface area contributed by atoms with Crippen molar-refractivity contribution in [3.8, 4) is 0 Å². The minimum absolute atomic E-state index is 0.186. The fourth-order valence-electron chi connectivity index (χ4n) is 2.11. The van der Waals surface area contributed by atoms with Crippen molar-refractivity contribution in [2.24, 2.45) is 0 Å². The zero-order valence-corrected chi connectivity index (χ0v) is 13.3. The molecule has 1 atom stereocenters. The molecule has 1 unspecified atom stereocenters. The van der Waals surface area contributed by atoms with E-state index < -0.39 is 0 Å². The summed E-state index contributed by atoms with van der Waals surface area (Å²) in [7, 11) is 0. The van der Waals surface area contributed by atoms with Crippen molar-refractivity contribution in [1.29, 1.82) is 0 Å². The molecule has 5 heteroatoms. The van der Waals surface area contributed by atoms with Gasteiger partial charge in [-0.1, -0.05) is 22.9 Å². The fraction of sp³-hybridized carbons (Fsp3) is 0.357. The molecule has 1 N–H and O–H groups in total.